The van der Waals surface area contributed by atoms with Crippen LogP contribution in [0.15, 0.2) is 23.1 Å². The van der Waals surface area contributed by atoms with Gasteiger partial charge in [0.05, 0.1) is 4.90 Å². The first-order valence-corrected chi connectivity index (χ1v) is 7.30. The third-order valence-corrected chi connectivity index (χ3v) is 3.49. The molecule has 0 fully saturated rings. The standard InChI is InChI=1S/C13H16O5S/c1-4-12(14)9-5-10(13(15)8(2)3)7-11(6-9)19(16,17)18/h5-8H,4H2,1-3H3,(H,16,17,18). The van der Waals surface area contributed by atoms with Gasteiger partial charge in [0.15, 0.2) is 11.6 Å². The van der Waals surface area contributed by atoms with Crippen molar-refractivity contribution in [3.63, 3.8) is 0 Å². The lowest BCUT2D eigenvalue weighted by Gasteiger charge is -2.08. The minimum absolute atomic E-state index is 0.113. The zero-order valence-electron chi connectivity index (χ0n) is 11.0. The molecule has 6 heteroatoms. The van der Waals surface area contributed by atoms with Gasteiger partial charge in [0.1, 0.15) is 0 Å². The average molecular weight is 284 g/mol. The lowest BCUT2D eigenvalue weighted by molar-refractivity contribution is 0.0939. The van der Waals surface area contributed by atoms with E-state index in [1.165, 1.54) is 6.07 Å². The number of hydrogen-bond acceptors (Lipinski definition) is 4. The van der Waals surface area contributed by atoms with Crippen LogP contribution in [0.3, 0.4) is 0 Å². The Morgan fingerprint density at radius 1 is 1.16 bits per heavy atom. The fraction of sp³-hybridized carbons (Fsp3) is 0.385. The molecule has 0 atom stereocenters. The monoisotopic (exact) mass is 284 g/mol. The molecule has 0 aliphatic heterocycles. The number of hydrogen-bond donors (Lipinski definition) is 1. The molecule has 19 heavy (non-hydrogen) atoms. The molecular formula is C13H16O5S. The summed E-state index contributed by atoms with van der Waals surface area (Å²) in [5.41, 5.74) is 0.226. The van der Waals surface area contributed by atoms with Gasteiger partial charge in [-0.1, -0.05) is 20.8 Å². The predicted molar refractivity (Wildman–Crippen MR) is 70.0 cm³/mol. The molecule has 1 aromatic carbocycles. The molecule has 1 aromatic rings. The molecule has 0 aliphatic carbocycles. The highest BCUT2D eigenvalue weighted by molar-refractivity contribution is 7.85. The van der Waals surface area contributed by atoms with Crippen molar-refractivity contribution in [3.8, 4) is 0 Å². The molecule has 0 unspecified atom stereocenters. The maximum Gasteiger partial charge on any atom is 0.294 e. The summed E-state index contributed by atoms with van der Waals surface area (Å²) in [5, 5.41) is 0. The Labute approximate surface area is 112 Å². The van der Waals surface area contributed by atoms with E-state index in [0.29, 0.717) is 0 Å². The topological polar surface area (TPSA) is 88.5 Å². The zero-order valence-corrected chi connectivity index (χ0v) is 11.8. The van der Waals surface area contributed by atoms with Gasteiger partial charge in [0.2, 0.25) is 0 Å². The van der Waals surface area contributed by atoms with Gasteiger partial charge < -0.3 is 0 Å². The van der Waals surface area contributed by atoms with Crippen molar-refractivity contribution in [2.24, 2.45) is 5.92 Å². The second-order valence-electron chi connectivity index (χ2n) is 4.52. The SMILES string of the molecule is CCC(=O)c1cc(C(=O)C(C)C)cc(S(=O)(=O)O)c1. The maximum atomic E-state index is 11.9. The largest absolute Gasteiger partial charge is 0.294 e. The first-order valence-electron chi connectivity index (χ1n) is 5.86. The molecule has 5 nitrogen and oxygen atoms in total. The summed E-state index contributed by atoms with van der Waals surface area (Å²) < 4.78 is 31.4. The van der Waals surface area contributed by atoms with Crippen LogP contribution >= 0.6 is 0 Å². The summed E-state index contributed by atoms with van der Waals surface area (Å²) in [7, 11) is -4.45. The fourth-order valence-corrected chi connectivity index (χ4v) is 2.14. The smallest absolute Gasteiger partial charge is 0.294 e. The zero-order chi connectivity index (χ0) is 14.8. The van der Waals surface area contributed by atoms with Crippen molar-refractivity contribution in [3.05, 3.63) is 29.3 Å². The second-order valence-corrected chi connectivity index (χ2v) is 5.94. The van der Waals surface area contributed by atoms with Gasteiger partial charge in [0.25, 0.3) is 10.1 Å². The molecule has 0 aromatic heterocycles. The molecular weight excluding hydrogens is 268 g/mol. The summed E-state index contributed by atoms with van der Waals surface area (Å²) in [6.07, 6.45) is 0.185. The summed E-state index contributed by atoms with van der Waals surface area (Å²) >= 11 is 0. The van der Waals surface area contributed by atoms with Crippen LogP contribution in [0.25, 0.3) is 0 Å². The molecule has 1 N–H and O–H groups in total. The summed E-state index contributed by atoms with van der Waals surface area (Å²) in [5.74, 6) is -0.903. The van der Waals surface area contributed by atoms with E-state index in [1.807, 2.05) is 0 Å². The number of benzene rings is 1. The Kier molecular flexibility index (Phi) is 4.60. The Balaban J connectivity index is 3.49. The van der Waals surface area contributed by atoms with Crippen LogP contribution in [0.2, 0.25) is 0 Å². The maximum absolute atomic E-state index is 11.9. The molecule has 0 bridgehead atoms. The molecule has 1 rings (SSSR count). The van der Waals surface area contributed by atoms with Crippen LogP contribution in [0.1, 0.15) is 47.9 Å². The van der Waals surface area contributed by atoms with Gasteiger partial charge in [-0.2, -0.15) is 8.42 Å². The van der Waals surface area contributed by atoms with Gasteiger partial charge in [-0.25, -0.2) is 0 Å². The Hall–Kier alpha value is -1.53. The fourth-order valence-electron chi connectivity index (χ4n) is 1.59. The van der Waals surface area contributed by atoms with Crippen LogP contribution in [-0.2, 0) is 10.1 Å². The van der Waals surface area contributed by atoms with Gasteiger partial charge in [0, 0.05) is 23.5 Å². The van der Waals surface area contributed by atoms with Gasteiger partial charge in [-0.05, 0) is 18.2 Å². The normalized spacial score (nSPS) is 11.6. The van der Waals surface area contributed by atoms with E-state index in [4.69, 9.17) is 4.55 Å². The Bertz CT molecular complexity index is 614. The van der Waals surface area contributed by atoms with Crippen molar-refractivity contribution in [2.45, 2.75) is 32.1 Å². The third-order valence-electron chi connectivity index (χ3n) is 2.66. The van der Waals surface area contributed by atoms with E-state index in [-0.39, 0.29) is 35.0 Å². The number of rotatable bonds is 5. The van der Waals surface area contributed by atoms with Crippen LogP contribution in [0, 0.1) is 5.92 Å². The van der Waals surface area contributed by atoms with Crippen molar-refractivity contribution in [1.82, 2.24) is 0 Å². The highest BCUT2D eigenvalue weighted by Gasteiger charge is 2.19. The van der Waals surface area contributed by atoms with E-state index in [9.17, 15) is 18.0 Å². The van der Waals surface area contributed by atoms with Crippen molar-refractivity contribution < 1.29 is 22.6 Å². The predicted octanol–water partition coefficient (Wildman–Crippen LogP) is 2.36. The molecule has 0 heterocycles. The van der Waals surface area contributed by atoms with Crippen molar-refractivity contribution >= 4 is 21.7 Å². The molecule has 0 saturated carbocycles. The number of carbonyl (C=O) groups is 2. The van der Waals surface area contributed by atoms with E-state index in [2.05, 4.69) is 0 Å². The average Bonchev–Trinajstić information content (AvgIpc) is 2.35. The summed E-state index contributed by atoms with van der Waals surface area (Å²) in [6, 6.07) is 3.53. The minimum Gasteiger partial charge on any atom is -0.294 e. The molecule has 0 spiro atoms. The molecule has 0 amide bonds. The summed E-state index contributed by atoms with van der Waals surface area (Å²) in [4.78, 5) is 23.1. The molecule has 0 radical (unpaired) electrons. The first kappa shape index (κ1) is 15.5. The highest BCUT2D eigenvalue weighted by atomic mass is 32.2. The Morgan fingerprint density at radius 3 is 2.11 bits per heavy atom. The van der Waals surface area contributed by atoms with Crippen LogP contribution in [0.5, 0.6) is 0 Å². The summed E-state index contributed by atoms with van der Waals surface area (Å²) in [6.45, 7) is 4.97. The second kappa shape index (κ2) is 5.63. The Morgan fingerprint density at radius 2 is 1.68 bits per heavy atom. The minimum atomic E-state index is -4.45. The molecule has 104 valence electrons. The lowest BCUT2D eigenvalue weighted by atomic mass is 9.98. The van der Waals surface area contributed by atoms with Crippen molar-refractivity contribution in [1.29, 1.82) is 0 Å². The molecule has 0 aliphatic rings. The quantitative estimate of drug-likeness (QED) is 0.662. The molecule has 0 saturated heterocycles. The van der Waals surface area contributed by atoms with Crippen LogP contribution in [0.4, 0.5) is 0 Å². The number of carbonyl (C=O) groups excluding carboxylic acids is 2. The van der Waals surface area contributed by atoms with E-state index in [1.54, 1.807) is 20.8 Å². The van der Waals surface area contributed by atoms with Gasteiger partial charge in [-0.3, -0.25) is 14.1 Å². The third kappa shape index (κ3) is 3.71. The number of Topliss-reactive ketones (excluding diaryl/α,β-unsaturated/α-hetero) is 2. The van der Waals surface area contributed by atoms with Gasteiger partial charge in [-0.15, -0.1) is 0 Å². The van der Waals surface area contributed by atoms with Crippen LogP contribution in [-0.4, -0.2) is 24.5 Å². The van der Waals surface area contributed by atoms with E-state index >= 15 is 0 Å². The van der Waals surface area contributed by atoms with Crippen molar-refractivity contribution in [2.75, 3.05) is 0 Å². The number of ketones is 2. The highest BCUT2D eigenvalue weighted by Crippen LogP contribution is 2.19. The first-order chi connectivity index (χ1) is 8.66. The van der Waals surface area contributed by atoms with E-state index < -0.39 is 15.0 Å². The lowest BCUT2D eigenvalue weighted by Crippen LogP contribution is -2.11. The van der Waals surface area contributed by atoms with E-state index in [0.717, 1.165) is 12.1 Å². The van der Waals surface area contributed by atoms with Crippen LogP contribution < -0.4 is 0 Å². The van der Waals surface area contributed by atoms with Gasteiger partial charge >= 0.3 is 0 Å².